The molecule has 11 rings (SSSR count). The van der Waals surface area contributed by atoms with Crippen LogP contribution in [0.15, 0.2) is 122 Å². The van der Waals surface area contributed by atoms with Gasteiger partial charge < -0.3 is 162 Å². The summed E-state index contributed by atoms with van der Waals surface area (Å²) < 4.78 is 0. The number of rotatable bonds is 31. The molecule has 0 aromatic heterocycles. The standard InChI is InChI=1S/C16H24.C14H20.C13H20N2O.C13H23N2.C11H18N2O.C9H16N2O.C8H12N2O2.C8H14N2O.C6H10N2O2.17W/c1-3-5-13-9-15-7-8-16(10-13)12-14(11-15)6-4-2;1-3-5-11-9-14-8-7-13(11)10-12(14)6-4-2;1-8(2)14-12-6-11-5-4-10(12)7-13(11)15-9(3)16;1-3-5-7-9-15-12-10-14(11-13-15)8-6-4-2;1-8(2)12-10-4-6-11(7-5-10)13-9(3)14;1-8(2)10-6-4-5-7-11-9(3)12;1-5(11)9-7-3-8(4-7)10-6(2)12;1-7(2)9-5-4-6-10-8(3)11;1-5(9)7-3-4-8-6(2)10;;;;;;;;;;;;;;;;;/h3-6,13-16H,1-2,7-12H2;3-6,11-14H,1-2,7-10H2;10-14H,1-7H2,(H,15,16);4-7H,2-3,8-13H2,1H3;10-12H,1-7H2,(H,13,14);10H,1-7H2,(H,11,12);7-8H,1-4H2,(H,9,11)(H,10,12);9H,1-6H2,(H,10,11);1-4H2,(H,7,9)(H,8,10);;;;;;;;;;;;;;;;;/q3*-2;-1;5*-2;;;;;;;;;;;;;;;;;/b2*5-3+,6-4+;;6-4+,7-5+;;;;;;;;;;;;;;;;;;;;;;. The third-order valence-corrected chi connectivity index (χ3v) is 22.5. The monoisotopic (exact) mass is 4790 g/mol. The second-order valence-electron chi connectivity index (χ2n) is 32.8. The molecular weight excluding hydrogens is 4630 g/mol. The minimum Gasteiger partial charge on any atom is -0.418 e. The van der Waals surface area contributed by atoms with Crippen molar-refractivity contribution in [3.63, 3.8) is 0 Å². The number of amides is 8. The SMILES string of the molecule is C=C([CH2-])NC1CC2CCC1CC2NC([CH2-])=O.C=C([CH2-])NC1CCC(NC([CH2-])=O)CC1.C=C([CH2-])NCCCCNC([CH2-])=O.C=C([CH2-])NCCCNC([CH2-])=O.[CH2-]/C=C/C1CC2CCC(C1)CC(/C=C/[CH2-])C2.[CH2-]/C=C/C1CC2CCC1CC2/C=C/[CH2-].[CH2-]/C=C/CN1CCN(C/C=C/CC)CC1.[CH2-]C(=O)NC1CC(NC([CH2-])=O)C1.[CH2-]C(=O)NCCNC([CH2-])=O.[W].[W].[W].[W].[W].[W].[W].[W].[W].[W].[W].[W].[W].[W].[W].[W].[W]. The van der Waals surface area contributed by atoms with Gasteiger partial charge in [-0.25, -0.2) is 149 Å². The Morgan fingerprint density at radius 2 is 0.569 bits per heavy atom. The van der Waals surface area contributed by atoms with Crippen LogP contribution in [0, 0.1) is 177 Å². The Morgan fingerprint density at radius 3 is 0.861 bits per heavy atom. The molecule has 8 atom stereocenters. The van der Waals surface area contributed by atoms with Crippen LogP contribution in [0.4, 0.5) is 0 Å². The topological polar surface area (TPSA) is 287 Å². The molecule has 1 aliphatic heterocycles. The van der Waals surface area contributed by atoms with Gasteiger partial charge in [-0.15, -0.1) is 22.8 Å². The van der Waals surface area contributed by atoms with Gasteiger partial charge in [0.05, 0.1) is 47.3 Å². The van der Waals surface area contributed by atoms with Gasteiger partial charge in [-0.3, -0.25) is 4.90 Å². The molecule has 11 fully saturated rings. The molecule has 12 N–H and O–H groups in total. The van der Waals surface area contributed by atoms with E-state index in [1.165, 1.54) is 103 Å². The third-order valence-electron chi connectivity index (χ3n) is 22.5. The molecule has 0 spiro atoms. The van der Waals surface area contributed by atoms with Crippen LogP contribution in [-0.4, -0.2) is 172 Å². The van der Waals surface area contributed by atoms with E-state index < -0.39 is 0 Å². The van der Waals surface area contributed by atoms with E-state index in [2.05, 4.69) is 267 Å². The molecule has 8 amide bonds. The Morgan fingerprint density at radius 1 is 0.277 bits per heavy atom. The van der Waals surface area contributed by atoms with Crippen molar-refractivity contribution in [2.24, 2.45) is 59.2 Å². The van der Waals surface area contributed by atoms with Gasteiger partial charge in [-0.1, -0.05) is 119 Å². The van der Waals surface area contributed by atoms with Crippen molar-refractivity contribution in [1.82, 2.24) is 73.6 Å². The van der Waals surface area contributed by atoms with Crippen LogP contribution >= 0.6 is 0 Å². The molecular formula is C98H157N14O8W17-17. The van der Waals surface area contributed by atoms with Crippen LogP contribution in [-0.2, 0) is 396 Å². The minimum absolute atomic E-state index is 0. The zero-order chi connectivity index (χ0) is 89.7. The van der Waals surface area contributed by atoms with Gasteiger partial charge in [0.25, 0.3) is 0 Å². The first-order valence-corrected chi connectivity index (χ1v) is 43.4. The molecule has 786 valence electrons. The van der Waals surface area contributed by atoms with E-state index in [-0.39, 0.29) is 417 Å². The molecule has 1 heterocycles. The number of nitrogens with zero attached hydrogens (tertiary/aromatic N) is 2. The van der Waals surface area contributed by atoms with Crippen molar-refractivity contribution in [2.75, 3.05) is 78.5 Å². The molecule has 0 aromatic carbocycles. The minimum atomic E-state index is -0.349. The summed E-state index contributed by atoms with van der Waals surface area (Å²) in [6.07, 6.45) is 54.2. The molecule has 0 aromatic rings. The predicted molar refractivity (Wildman–Crippen MR) is 496 cm³/mol. The van der Waals surface area contributed by atoms with Crippen molar-refractivity contribution in [2.45, 2.75) is 197 Å². The molecule has 10 aliphatic carbocycles. The fourth-order valence-corrected chi connectivity index (χ4v) is 17.0. The summed E-state index contributed by atoms with van der Waals surface area (Å²) >= 11 is 0. The second-order valence-corrected chi connectivity index (χ2v) is 32.8. The Kier molecular flexibility index (Phi) is 145. The van der Waals surface area contributed by atoms with Crippen molar-refractivity contribution in [3.05, 3.63) is 240 Å². The first kappa shape index (κ1) is 178. The molecule has 1 saturated heterocycles. The average Bonchev–Trinajstić information content (AvgIpc) is 1.32. The van der Waals surface area contributed by atoms with Crippen LogP contribution in [0.3, 0.4) is 0 Å². The van der Waals surface area contributed by atoms with Crippen molar-refractivity contribution in [1.29, 1.82) is 0 Å². The zero-order valence-electron chi connectivity index (χ0n) is 80.6. The van der Waals surface area contributed by atoms with E-state index in [1.54, 1.807) is 0 Å². The van der Waals surface area contributed by atoms with Gasteiger partial charge in [0.15, 0.2) is 0 Å². The van der Waals surface area contributed by atoms with Crippen LogP contribution in [0.5, 0.6) is 0 Å². The van der Waals surface area contributed by atoms with E-state index in [4.69, 9.17) is 0 Å². The van der Waals surface area contributed by atoms with Crippen LogP contribution in [0.25, 0.3) is 0 Å². The maximum atomic E-state index is 11.0. The summed E-state index contributed by atoms with van der Waals surface area (Å²) in [5.41, 5.74) is 3.01. The van der Waals surface area contributed by atoms with E-state index in [9.17, 15) is 38.4 Å². The first-order chi connectivity index (χ1) is 57.1. The summed E-state index contributed by atoms with van der Waals surface area (Å²) in [5.74, 6) is 6.18. The fraction of sp³-hybridized carbons (Fsp3) is 0.541. The quantitative estimate of drug-likeness (QED) is 0.0175. The number of piperazine rings is 1. The van der Waals surface area contributed by atoms with Gasteiger partial charge in [0, 0.05) is 466 Å². The zero-order valence-corrected chi connectivity index (χ0v) is 130. The van der Waals surface area contributed by atoms with Crippen molar-refractivity contribution < 1.29 is 396 Å². The largest absolute Gasteiger partial charge is 0.418 e. The maximum Gasteiger partial charge on any atom is 0.0799 e. The first-order valence-electron chi connectivity index (χ1n) is 43.4. The molecule has 8 unspecified atom stereocenters. The maximum absolute atomic E-state index is 11.0. The number of fused-ring (bicyclic) bond motifs is 9. The Hall–Kier alpha value is 1.77. The summed E-state index contributed by atoms with van der Waals surface area (Å²) in [6, 6.07) is 1.95. The van der Waals surface area contributed by atoms with Gasteiger partial charge >= 0.3 is 0 Å². The van der Waals surface area contributed by atoms with Crippen LogP contribution in [0.2, 0.25) is 0 Å². The molecule has 137 heavy (non-hydrogen) atoms. The van der Waals surface area contributed by atoms with Gasteiger partial charge in [0.2, 0.25) is 0 Å². The van der Waals surface area contributed by atoms with Gasteiger partial charge in [-0.05, 0) is 120 Å². The Labute approximate surface area is 1080 Å². The summed E-state index contributed by atoms with van der Waals surface area (Å²) in [4.78, 5) is 88.5. The normalized spacial score (nSPS) is 22.8. The molecule has 11 aliphatic rings. The number of unbranched alkanes of at least 4 members (excludes halogenated alkanes) is 1. The molecule has 6 bridgehead atoms. The second kappa shape index (κ2) is 112. The third kappa shape index (κ3) is 97.0. The van der Waals surface area contributed by atoms with Crippen LogP contribution in [0.1, 0.15) is 161 Å². The van der Waals surface area contributed by atoms with Gasteiger partial charge in [-0.2, -0.15) is 0 Å². The number of nitrogens with one attached hydrogen (secondary N) is 12. The van der Waals surface area contributed by atoms with Gasteiger partial charge in [0.1, 0.15) is 0 Å². The van der Waals surface area contributed by atoms with E-state index in [0.29, 0.717) is 67.9 Å². The van der Waals surface area contributed by atoms with Crippen molar-refractivity contribution >= 4 is 47.3 Å². The summed E-state index contributed by atoms with van der Waals surface area (Å²) in [7, 11) is 0. The van der Waals surface area contributed by atoms with Crippen LogP contribution < -0.4 is 63.8 Å². The number of carbonyl (C=O) groups excluding carboxylic acids is 8. The smallest absolute Gasteiger partial charge is 0.0799 e. The fourth-order valence-electron chi connectivity index (χ4n) is 17.0. The molecule has 39 heteroatoms. The molecule has 0 radical (unpaired) electrons. The number of allylic oxidation sites excluding steroid dienone is 14. The number of hydrogen-bond donors (Lipinski definition) is 12. The van der Waals surface area contributed by atoms with E-state index >= 15 is 0 Å². The number of hydrogen-bond acceptors (Lipinski definition) is 14. The predicted octanol–water partition coefficient (Wildman–Crippen LogP) is 12.2. The summed E-state index contributed by atoms with van der Waals surface area (Å²) in [6.45, 7) is 86.9. The van der Waals surface area contributed by atoms with E-state index in [1.807, 2.05) is 30.4 Å². The Balaban J connectivity index is -0.0000000779. The van der Waals surface area contributed by atoms with E-state index in [0.717, 1.165) is 168 Å². The Bertz CT molecular complexity index is 3020. The summed E-state index contributed by atoms with van der Waals surface area (Å²) in [5, 5.41) is 33.7. The molecule has 22 nitrogen and oxygen atoms in total. The average molecular weight is 4780 g/mol. The number of carbonyl (C=O) groups is 8. The van der Waals surface area contributed by atoms with Crippen molar-refractivity contribution in [3.8, 4) is 0 Å². The molecule has 10 saturated carbocycles.